The third kappa shape index (κ3) is 3.72. The number of nitrogens with two attached hydrogens (primary N) is 1. The van der Waals surface area contributed by atoms with Gasteiger partial charge in [0.15, 0.2) is 16.9 Å². The molecule has 1 aromatic heterocycles. The molecule has 1 heterocycles. The topological polar surface area (TPSA) is 174 Å². The van der Waals surface area contributed by atoms with Gasteiger partial charge in [0.1, 0.15) is 22.5 Å². The van der Waals surface area contributed by atoms with Crippen molar-refractivity contribution in [3.8, 4) is 34.3 Å². The molecule has 25 heavy (non-hydrogen) atoms. The molecule has 3 rings (SSSR count). The molecule has 0 radical (unpaired) electrons. The molecule has 9 heteroatoms. The number of fused-ring (bicyclic) bond motifs is 1. The van der Waals surface area contributed by atoms with Crippen molar-refractivity contribution in [2.75, 3.05) is 0 Å². The summed E-state index contributed by atoms with van der Waals surface area (Å²) in [7, 11) is 0. The van der Waals surface area contributed by atoms with E-state index in [1.54, 1.807) is 12.1 Å². The van der Waals surface area contributed by atoms with Gasteiger partial charge in [-0.3, -0.25) is 4.79 Å². The van der Waals surface area contributed by atoms with Gasteiger partial charge >= 0.3 is 6.09 Å². The van der Waals surface area contributed by atoms with Crippen LogP contribution in [0, 0.1) is 0 Å². The van der Waals surface area contributed by atoms with Crippen LogP contribution < -0.4 is 11.2 Å². The van der Waals surface area contributed by atoms with Gasteiger partial charge in [0.25, 0.3) is 0 Å². The Morgan fingerprint density at radius 1 is 0.960 bits per heavy atom. The Labute approximate surface area is 139 Å². The van der Waals surface area contributed by atoms with E-state index in [9.17, 15) is 25.2 Å². The fourth-order valence-corrected chi connectivity index (χ4v) is 2.05. The lowest BCUT2D eigenvalue weighted by atomic mass is 10.1. The Balaban J connectivity index is 0.000000511. The Bertz CT molecular complexity index is 988. The predicted octanol–water partition coefficient (Wildman–Crippen LogP) is 1.91. The van der Waals surface area contributed by atoms with Gasteiger partial charge in [-0.2, -0.15) is 0 Å². The number of phenolic OH excluding ortho intramolecular Hbond substituents is 4. The second-order valence-corrected chi connectivity index (χ2v) is 4.83. The third-order valence-electron chi connectivity index (χ3n) is 3.10. The highest BCUT2D eigenvalue weighted by molar-refractivity contribution is 5.89. The van der Waals surface area contributed by atoms with Crippen LogP contribution in [0.4, 0.5) is 4.79 Å². The van der Waals surface area contributed by atoms with Crippen molar-refractivity contribution >= 4 is 17.1 Å². The minimum atomic E-state index is -1.33. The lowest BCUT2D eigenvalue weighted by molar-refractivity contribution is 0.205. The van der Waals surface area contributed by atoms with Crippen molar-refractivity contribution in [1.82, 2.24) is 0 Å². The van der Waals surface area contributed by atoms with Gasteiger partial charge in [0.2, 0.25) is 5.75 Å². The van der Waals surface area contributed by atoms with E-state index in [-0.39, 0.29) is 22.5 Å². The molecule has 0 aliphatic heterocycles. The maximum Gasteiger partial charge on any atom is 0.402 e. The molecule has 0 bridgehead atoms. The van der Waals surface area contributed by atoms with Crippen molar-refractivity contribution in [3.63, 3.8) is 0 Å². The molecule has 0 unspecified atom stereocenters. The number of carboxylic acid groups (broad SMARTS) is 1. The van der Waals surface area contributed by atoms with Crippen LogP contribution in [-0.2, 0) is 0 Å². The molecule has 1 amide bonds. The zero-order chi connectivity index (χ0) is 18.7. The number of primary amides is 1. The molecule has 7 N–H and O–H groups in total. The van der Waals surface area contributed by atoms with Crippen molar-refractivity contribution in [2.45, 2.75) is 0 Å². The molecular formula is C16H13NO8. The largest absolute Gasteiger partial charge is 0.508 e. The van der Waals surface area contributed by atoms with Crippen molar-refractivity contribution < 1.29 is 34.7 Å². The summed E-state index contributed by atoms with van der Waals surface area (Å²) in [5.41, 5.74) is 3.95. The highest BCUT2D eigenvalue weighted by Gasteiger charge is 2.17. The van der Waals surface area contributed by atoms with Gasteiger partial charge in [0, 0.05) is 17.7 Å². The number of aromatic hydroxyl groups is 4. The number of hydrogen-bond acceptors (Lipinski definition) is 7. The molecule has 0 aliphatic carbocycles. The number of amides is 1. The van der Waals surface area contributed by atoms with Gasteiger partial charge < -0.3 is 35.7 Å². The van der Waals surface area contributed by atoms with Crippen LogP contribution in [-0.4, -0.2) is 31.6 Å². The summed E-state index contributed by atoms with van der Waals surface area (Å²) in [4.78, 5) is 20.8. The second kappa shape index (κ2) is 6.71. The van der Waals surface area contributed by atoms with E-state index in [0.29, 0.717) is 5.56 Å². The monoisotopic (exact) mass is 347 g/mol. The Kier molecular flexibility index (Phi) is 4.69. The predicted molar refractivity (Wildman–Crippen MR) is 86.8 cm³/mol. The van der Waals surface area contributed by atoms with E-state index in [2.05, 4.69) is 5.73 Å². The second-order valence-electron chi connectivity index (χ2n) is 4.83. The molecule has 0 atom stereocenters. The highest BCUT2D eigenvalue weighted by Crippen LogP contribution is 2.40. The number of hydrogen-bond donors (Lipinski definition) is 6. The molecule has 0 aliphatic rings. The molecule has 2 aromatic carbocycles. The zero-order valence-corrected chi connectivity index (χ0v) is 12.5. The summed E-state index contributed by atoms with van der Waals surface area (Å²) in [5.74, 6) is -1.81. The first-order chi connectivity index (χ1) is 11.7. The smallest absolute Gasteiger partial charge is 0.402 e. The molecule has 0 saturated carbocycles. The molecule has 130 valence electrons. The van der Waals surface area contributed by atoms with Crippen LogP contribution in [0.1, 0.15) is 0 Å². The van der Waals surface area contributed by atoms with Crippen molar-refractivity contribution in [2.24, 2.45) is 5.73 Å². The Morgan fingerprint density at radius 2 is 1.52 bits per heavy atom. The molecule has 0 spiro atoms. The summed E-state index contributed by atoms with van der Waals surface area (Å²) in [6, 6.07) is 8.19. The Morgan fingerprint density at radius 3 is 2.08 bits per heavy atom. The number of carbonyl (C=O) groups is 1. The van der Waals surface area contributed by atoms with Crippen LogP contribution in [0.2, 0.25) is 0 Å². The fourth-order valence-electron chi connectivity index (χ4n) is 2.05. The van der Waals surface area contributed by atoms with Crippen LogP contribution >= 0.6 is 0 Å². The van der Waals surface area contributed by atoms with E-state index >= 15 is 0 Å². The normalized spacial score (nSPS) is 10.1. The van der Waals surface area contributed by atoms with Crippen LogP contribution in [0.15, 0.2) is 45.6 Å². The quantitative estimate of drug-likeness (QED) is 0.362. The zero-order valence-electron chi connectivity index (χ0n) is 12.5. The average molecular weight is 347 g/mol. The van der Waals surface area contributed by atoms with Crippen LogP contribution in [0.25, 0.3) is 22.3 Å². The maximum absolute atomic E-state index is 12.1. The molecular weight excluding hydrogens is 334 g/mol. The van der Waals surface area contributed by atoms with E-state index in [1.807, 2.05) is 0 Å². The van der Waals surface area contributed by atoms with E-state index in [4.69, 9.17) is 14.3 Å². The average Bonchev–Trinajstić information content (AvgIpc) is 2.52. The van der Waals surface area contributed by atoms with Gasteiger partial charge in [0.05, 0.1) is 0 Å². The van der Waals surface area contributed by atoms with Crippen molar-refractivity contribution in [3.05, 3.63) is 46.6 Å². The molecule has 3 aromatic rings. The molecule has 0 fully saturated rings. The van der Waals surface area contributed by atoms with Crippen LogP contribution in [0.5, 0.6) is 23.0 Å². The van der Waals surface area contributed by atoms with E-state index < -0.39 is 28.8 Å². The number of rotatable bonds is 1. The maximum atomic E-state index is 12.1. The fraction of sp³-hybridized carbons (Fsp3) is 0. The lowest BCUT2D eigenvalue weighted by Gasteiger charge is -2.07. The van der Waals surface area contributed by atoms with Gasteiger partial charge in [-0.05, 0) is 24.3 Å². The minimum absolute atomic E-state index is 0.0571. The summed E-state index contributed by atoms with van der Waals surface area (Å²) < 4.78 is 5.47. The standard InChI is InChI=1S/C15H10O6.CH3NO2/c16-8-3-1-7(2-4-8)11-5-9(17)13-12(21-11)6-10(18)14(19)15(13)20;2-1(3)4/h1-6,16,18-20H;2H2,(H,3,4). The summed E-state index contributed by atoms with van der Waals surface area (Å²) in [6.07, 6.45) is -1.33. The summed E-state index contributed by atoms with van der Waals surface area (Å²) in [6.45, 7) is 0. The lowest BCUT2D eigenvalue weighted by Crippen LogP contribution is -2.03. The van der Waals surface area contributed by atoms with E-state index in [0.717, 1.165) is 12.1 Å². The first kappa shape index (κ1) is 17.5. The molecule has 9 nitrogen and oxygen atoms in total. The first-order valence-electron chi connectivity index (χ1n) is 6.70. The highest BCUT2D eigenvalue weighted by atomic mass is 16.4. The summed E-state index contributed by atoms with van der Waals surface area (Å²) in [5, 5.41) is 44.9. The van der Waals surface area contributed by atoms with Gasteiger partial charge in [-0.15, -0.1) is 0 Å². The summed E-state index contributed by atoms with van der Waals surface area (Å²) >= 11 is 0. The minimum Gasteiger partial charge on any atom is -0.508 e. The van der Waals surface area contributed by atoms with E-state index in [1.165, 1.54) is 12.1 Å². The third-order valence-corrected chi connectivity index (χ3v) is 3.10. The van der Waals surface area contributed by atoms with Gasteiger partial charge in [-0.25, -0.2) is 4.79 Å². The van der Waals surface area contributed by atoms with Crippen molar-refractivity contribution in [1.29, 1.82) is 0 Å². The Hall–Kier alpha value is -3.88. The van der Waals surface area contributed by atoms with Crippen LogP contribution in [0.3, 0.4) is 0 Å². The van der Waals surface area contributed by atoms with Gasteiger partial charge in [-0.1, -0.05) is 0 Å². The molecule has 0 saturated heterocycles. The SMILES string of the molecule is NC(=O)O.O=c1cc(-c2ccc(O)cc2)oc2cc(O)c(O)c(O)c12. The number of benzene rings is 2. The first-order valence-corrected chi connectivity index (χ1v) is 6.70. The number of phenols is 4.